The monoisotopic (exact) mass is 335 g/mol. The van der Waals surface area contributed by atoms with Gasteiger partial charge in [0.1, 0.15) is 6.10 Å². The van der Waals surface area contributed by atoms with Crippen molar-refractivity contribution < 1.29 is 14.2 Å². The molecule has 0 bridgehead atoms. The molecular weight excluding hydrogens is 306 g/mol. The lowest BCUT2D eigenvalue weighted by Crippen LogP contribution is -2.26. The summed E-state index contributed by atoms with van der Waals surface area (Å²) in [4.78, 5) is 4.91. The van der Waals surface area contributed by atoms with E-state index in [1.807, 2.05) is 0 Å². The first-order chi connectivity index (χ1) is 11.9. The minimum Gasteiger partial charge on any atom is -0.381 e. The number of hydrogen-bond donors (Lipinski definition) is 0. The molecule has 1 aliphatic carbocycles. The molecule has 2 saturated heterocycles. The minimum atomic E-state index is -0.0663. The van der Waals surface area contributed by atoms with Crippen LogP contribution >= 0.6 is 0 Å². The Kier molecular flexibility index (Phi) is 5.45. The van der Waals surface area contributed by atoms with Crippen molar-refractivity contribution in [3.8, 4) is 0 Å². The Balaban J connectivity index is 1.54. The molecule has 1 unspecified atom stereocenters. The second kappa shape index (κ2) is 7.93. The number of aromatic nitrogens is 3. The van der Waals surface area contributed by atoms with E-state index < -0.39 is 0 Å². The smallest absolute Gasteiger partial charge is 0.158 e. The maximum Gasteiger partial charge on any atom is 0.158 e. The van der Waals surface area contributed by atoms with E-state index >= 15 is 0 Å². The van der Waals surface area contributed by atoms with E-state index in [4.69, 9.17) is 24.3 Å². The van der Waals surface area contributed by atoms with E-state index in [0.717, 1.165) is 50.2 Å². The fraction of sp³-hybridized carbons (Fsp3) is 0.889. The number of hydrogen-bond acceptors (Lipinski definition) is 5. The van der Waals surface area contributed by atoms with Crippen LogP contribution in [0, 0.1) is 5.92 Å². The average molecular weight is 335 g/mol. The van der Waals surface area contributed by atoms with Gasteiger partial charge < -0.3 is 14.2 Å². The summed E-state index contributed by atoms with van der Waals surface area (Å²) in [5, 5.41) is 4.92. The van der Waals surface area contributed by atoms with Crippen LogP contribution < -0.4 is 0 Å². The Hall–Kier alpha value is -0.980. The van der Waals surface area contributed by atoms with Gasteiger partial charge in [-0.15, -0.1) is 0 Å². The lowest BCUT2D eigenvalue weighted by Gasteiger charge is -2.25. The van der Waals surface area contributed by atoms with Crippen LogP contribution in [0.15, 0.2) is 0 Å². The van der Waals surface area contributed by atoms with Crippen molar-refractivity contribution in [2.45, 2.75) is 63.5 Å². The highest BCUT2D eigenvalue weighted by atomic mass is 16.6. The van der Waals surface area contributed by atoms with Crippen molar-refractivity contribution in [2.75, 3.05) is 33.0 Å². The summed E-state index contributed by atoms with van der Waals surface area (Å²) in [6.07, 6.45) is 8.69. The van der Waals surface area contributed by atoms with Gasteiger partial charge in [0.25, 0.3) is 0 Å². The molecule has 1 aromatic heterocycles. The first-order valence-electron chi connectivity index (χ1n) is 9.62. The Bertz CT molecular complexity index is 516. The summed E-state index contributed by atoms with van der Waals surface area (Å²) in [6, 6.07) is 0. The Morgan fingerprint density at radius 1 is 0.917 bits per heavy atom. The van der Waals surface area contributed by atoms with Gasteiger partial charge in [-0.05, 0) is 31.6 Å². The molecule has 0 N–H and O–H groups in total. The van der Waals surface area contributed by atoms with Crippen LogP contribution in [-0.4, -0.2) is 47.8 Å². The number of nitrogens with zero attached hydrogens (tertiary/aromatic N) is 3. The lowest BCUT2D eigenvalue weighted by atomic mass is 9.89. The molecule has 3 fully saturated rings. The first-order valence-corrected chi connectivity index (χ1v) is 9.62. The fourth-order valence-electron chi connectivity index (χ4n) is 4.12. The van der Waals surface area contributed by atoms with Crippen molar-refractivity contribution in [1.29, 1.82) is 0 Å². The molecule has 24 heavy (non-hydrogen) atoms. The molecule has 0 radical (unpaired) electrons. The zero-order valence-electron chi connectivity index (χ0n) is 14.5. The second-order valence-corrected chi connectivity index (χ2v) is 7.34. The molecule has 3 aliphatic rings. The molecule has 0 amide bonds. The van der Waals surface area contributed by atoms with Crippen LogP contribution in [0.4, 0.5) is 0 Å². The van der Waals surface area contributed by atoms with Crippen LogP contribution in [0.5, 0.6) is 0 Å². The highest BCUT2D eigenvalue weighted by Crippen LogP contribution is 2.30. The lowest BCUT2D eigenvalue weighted by molar-refractivity contribution is -0.0952. The summed E-state index contributed by atoms with van der Waals surface area (Å²) >= 11 is 0. The molecule has 1 aromatic rings. The molecule has 1 saturated carbocycles. The van der Waals surface area contributed by atoms with Gasteiger partial charge >= 0.3 is 0 Å². The van der Waals surface area contributed by atoms with Crippen LogP contribution in [0.25, 0.3) is 0 Å². The number of rotatable bonds is 4. The third kappa shape index (κ3) is 3.81. The highest BCUT2D eigenvalue weighted by molar-refractivity contribution is 5.04. The molecule has 2 aliphatic heterocycles. The predicted octanol–water partition coefficient (Wildman–Crippen LogP) is 2.84. The van der Waals surface area contributed by atoms with E-state index in [1.54, 1.807) is 0 Å². The Morgan fingerprint density at radius 2 is 1.75 bits per heavy atom. The molecule has 6 nitrogen and oxygen atoms in total. The van der Waals surface area contributed by atoms with Crippen molar-refractivity contribution in [2.24, 2.45) is 5.92 Å². The van der Waals surface area contributed by atoms with Gasteiger partial charge in [0.2, 0.25) is 0 Å². The molecular formula is C18H29N3O3. The van der Waals surface area contributed by atoms with Crippen molar-refractivity contribution >= 4 is 0 Å². The SMILES string of the molecule is C1CCC(Cn2nc(C3CCOCC3)nc2C2COCCO2)CC1. The molecule has 4 rings (SSSR count). The zero-order valence-corrected chi connectivity index (χ0v) is 14.5. The molecule has 0 aromatic carbocycles. The molecule has 1 atom stereocenters. The Labute approximate surface area is 143 Å². The normalized spacial score (nSPS) is 27.4. The van der Waals surface area contributed by atoms with E-state index in [2.05, 4.69) is 4.68 Å². The van der Waals surface area contributed by atoms with E-state index in [1.165, 1.54) is 32.1 Å². The molecule has 134 valence electrons. The van der Waals surface area contributed by atoms with Gasteiger partial charge in [-0.3, -0.25) is 0 Å². The van der Waals surface area contributed by atoms with Crippen LogP contribution in [0.3, 0.4) is 0 Å². The molecule has 0 spiro atoms. The van der Waals surface area contributed by atoms with Crippen molar-refractivity contribution in [3.63, 3.8) is 0 Å². The van der Waals surface area contributed by atoms with Gasteiger partial charge in [0, 0.05) is 25.7 Å². The van der Waals surface area contributed by atoms with Gasteiger partial charge in [-0.2, -0.15) is 5.10 Å². The average Bonchev–Trinajstić information content (AvgIpc) is 3.08. The fourth-order valence-corrected chi connectivity index (χ4v) is 4.12. The van der Waals surface area contributed by atoms with Gasteiger partial charge in [-0.25, -0.2) is 9.67 Å². The third-order valence-corrected chi connectivity index (χ3v) is 5.56. The van der Waals surface area contributed by atoms with E-state index in [0.29, 0.717) is 25.7 Å². The largest absolute Gasteiger partial charge is 0.381 e. The summed E-state index contributed by atoms with van der Waals surface area (Å²) in [5.74, 6) is 3.11. The van der Waals surface area contributed by atoms with Crippen molar-refractivity contribution in [1.82, 2.24) is 14.8 Å². The van der Waals surface area contributed by atoms with Crippen LogP contribution in [0.1, 0.15) is 68.6 Å². The quantitative estimate of drug-likeness (QED) is 0.847. The van der Waals surface area contributed by atoms with Gasteiger partial charge in [-0.1, -0.05) is 19.3 Å². The zero-order chi connectivity index (χ0) is 16.2. The highest BCUT2D eigenvalue weighted by Gasteiger charge is 2.28. The van der Waals surface area contributed by atoms with Crippen LogP contribution in [-0.2, 0) is 20.8 Å². The standard InChI is InChI=1S/C18H29N3O3/c1-2-4-14(5-3-1)12-21-18(16-13-23-10-11-24-16)19-17(20-21)15-6-8-22-9-7-15/h14-16H,1-13H2. The van der Waals surface area contributed by atoms with Gasteiger partial charge in [0.15, 0.2) is 11.6 Å². The summed E-state index contributed by atoms with van der Waals surface area (Å²) in [7, 11) is 0. The second-order valence-electron chi connectivity index (χ2n) is 7.34. The third-order valence-electron chi connectivity index (χ3n) is 5.56. The maximum absolute atomic E-state index is 5.92. The summed E-state index contributed by atoms with van der Waals surface area (Å²) in [6.45, 7) is 4.54. The summed E-state index contributed by atoms with van der Waals surface area (Å²) in [5.41, 5.74) is 0. The van der Waals surface area contributed by atoms with Gasteiger partial charge in [0.05, 0.1) is 19.8 Å². The molecule has 3 heterocycles. The number of ether oxygens (including phenoxy) is 3. The minimum absolute atomic E-state index is 0.0663. The van der Waals surface area contributed by atoms with Crippen molar-refractivity contribution in [3.05, 3.63) is 11.6 Å². The predicted molar refractivity (Wildman–Crippen MR) is 88.9 cm³/mol. The van der Waals surface area contributed by atoms with Crippen LogP contribution in [0.2, 0.25) is 0 Å². The Morgan fingerprint density at radius 3 is 2.50 bits per heavy atom. The van der Waals surface area contributed by atoms with E-state index in [-0.39, 0.29) is 6.10 Å². The topological polar surface area (TPSA) is 58.4 Å². The maximum atomic E-state index is 5.92. The molecule has 6 heteroatoms. The van der Waals surface area contributed by atoms with E-state index in [9.17, 15) is 0 Å². The first kappa shape index (κ1) is 16.5. The summed E-state index contributed by atoms with van der Waals surface area (Å²) < 4.78 is 19.2.